The number of fused-ring (bicyclic) bond motifs is 1. The number of benzene rings is 1. The van der Waals surface area contributed by atoms with Gasteiger partial charge in [-0.05, 0) is 47.3 Å². The van der Waals surface area contributed by atoms with E-state index in [1.807, 2.05) is 0 Å². The Balaban J connectivity index is 1.83. The summed E-state index contributed by atoms with van der Waals surface area (Å²) in [6.07, 6.45) is 16.0. The number of hydrogen-bond acceptors (Lipinski definition) is 0. The van der Waals surface area contributed by atoms with Gasteiger partial charge in [0.1, 0.15) is 0 Å². The van der Waals surface area contributed by atoms with E-state index in [4.69, 9.17) is 0 Å². The molecule has 0 aliphatic heterocycles. The van der Waals surface area contributed by atoms with E-state index in [9.17, 15) is 0 Å². The van der Waals surface area contributed by atoms with Gasteiger partial charge < -0.3 is 4.57 Å². The predicted molar refractivity (Wildman–Crippen MR) is 102 cm³/mol. The van der Waals surface area contributed by atoms with Gasteiger partial charge in [0.25, 0.3) is 0 Å². The molecule has 2 aromatic rings. The summed E-state index contributed by atoms with van der Waals surface area (Å²) in [7, 11) is -1.50. The van der Waals surface area contributed by atoms with E-state index >= 15 is 0 Å². The lowest BCUT2D eigenvalue weighted by Gasteiger charge is -2.33. The van der Waals surface area contributed by atoms with Crippen molar-refractivity contribution in [1.29, 1.82) is 0 Å². The van der Waals surface area contributed by atoms with Crippen LogP contribution >= 0.6 is 0 Å². The first-order chi connectivity index (χ1) is 11.1. The van der Waals surface area contributed by atoms with Gasteiger partial charge >= 0.3 is 0 Å². The average molecular weight is 318 g/mol. The Kier molecular flexibility index (Phi) is 3.31. The van der Waals surface area contributed by atoms with Crippen molar-refractivity contribution in [2.24, 2.45) is 0 Å². The van der Waals surface area contributed by atoms with Gasteiger partial charge in [-0.3, -0.25) is 0 Å². The van der Waals surface area contributed by atoms with Crippen LogP contribution in [0.15, 0.2) is 73.1 Å². The fourth-order valence-electron chi connectivity index (χ4n) is 4.13. The smallest absolute Gasteiger partial charge is 0.0707 e. The maximum Gasteiger partial charge on any atom is 0.0707 e. The van der Waals surface area contributed by atoms with Crippen LogP contribution in [-0.4, -0.2) is 12.6 Å². The fraction of sp³-hybridized carbons (Fsp3) is 0.238. The summed E-state index contributed by atoms with van der Waals surface area (Å²) in [5.74, 6) is 0. The summed E-state index contributed by atoms with van der Waals surface area (Å²) in [6.45, 7) is 7.34. The third kappa shape index (κ3) is 2.20. The third-order valence-electron chi connectivity index (χ3n) is 5.51. The molecule has 0 radical (unpaired) electrons. The van der Waals surface area contributed by atoms with E-state index < -0.39 is 8.07 Å². The summed E-state index contributed by atoms with van der Waals surface area (Å²) in [4.78, 5) is 0. The number of rotatable bonds is 3. The highest BCUT2D eigenvalue weighted by Gasteiger charge is 2.41. The SMILES string of the molecule is CC1=CC([Si](C)(C)C2C=CC=C2)c2cccc(-n3cccc3)c21. The maximum atomic E-state index is 2.53. The van der Waals surface area contributed by atoms with Crippen molar-refractivity contribution in [2.75, 3.05) is 0 Å². The minimum Gasteiger partial charge on any atom is -0.323 e. The summed E-state index contributed by atoms with van der Waals surface area (Å²) >= 11 is 0. The van der Waals surface area contributed by atoms with Gasteiger partial charge in [-0.1, -0.05) is 55.6 Å². The molecule has 1 heterocycles. The molecular weight excluding hydrogens is 294 g/mol. The highest BCUT2D eigenvalue weighted by atomic mass is 28.3. The molecule has 0 fully saturated rings. The van der Waals surface area contributed by atoms with Crippen molar-refractivity contribution < 1.29 is 0 Å². The average Bonchev–Trinajstić information content (AvgIpc) is 3.28. The van der Waals surface area contributed by atoms with E-state index in [0.717, 1.165) is 0 Å². The number of nitrogens with zero attached hydrogens (tertiary/aromatic N) is 1. The Hall–Kier alpha value is -2.06. The first-order valence-electron chi connectivity index (χ1n) is 8.39. The zero-order chi connectivity index (χ0) is 16.0. The molecule has 2 aliphatic carbocycles. The summed E-state index contributed by atoms with van der Waals surface area (Å²) in [5, 5.41) is 0. The lowest BCUT2D eigenvalue weighted by atomic mass is 10.0. The standard InChI is InChI=1S/C21H23NSi/c1-16-15-20(23(2,3)17-9-4-5-10-17)18-11-8-12-19(21(16)18)22-13-6-7-14-22/h4-15,17,20H,1-3H3. The van der Waals surface area contributed by atoms with Crippen molar-refractivity contribution in [3.63, 3.8) is 0 Å². The van der Waals surface area contributed by atoms with Crippen LogP contribution in [0.4, 0.5) is 0 Å². The zero-order valence-corrected chi connectivity index (χ0v) is 15.0. The molecule has 1 unspecified atom stereocenters. The second kappa shape index (κ2) is 5.24. The van der Waals surface area contributed by atoms with Gasteiger partial charge in [0, 0.05) is 18.0 Å². The van der Waals surface area contributed by atoms with Crippen molar-refractivity contribution in [3.8, 4) is 5.69 Å². The van der Waals surface area contributed by atoms with Crippen LogP contribution in [0.5, 0.6) is 0 Å². The highest BCUT2D eigenvalue weighted by molar-refractivity contribution is 6.81. The number of aromatic nitrogens is 1. The predicted octanol–water partition coefficient (Wildman–Crippen LogP) is 5.72. The molecule has 0 spiro atoms. The van der Waals surface area contributed by atoms with Crippen LogP contribution in [0.2, 0.25) is 18.6 Å². The zero-order valence-electron chi connectivity index (χ0n) is 14.0. The van der Waals surface area contributed by atoms with E-state index in [2.05, 4.69) is 97.7 Å². The molecule has 0 N–H and O–H groups in total. The Morgan fingerprint density at radius 1 is 0.957 bits per heavy atom. The molecule has 23 heavy (non-hydrogen) atoms. The van der Waals surface area contributed by atoms with Gasteiger partial charge in [0.05, 0.1) is 13.8 Å². The lowest BCUT2D eigenvalue weighted by molar-refractivity contribution is 1.05. The van der Waals surface area contributed by atoms with Gasteiger partial charge in [0.15, 0.2) is 0 Å². The minimum atomic E-state index is -1.50. The summed E-state index contributed by atoms with van der Waals surface area (Å²) in [5.41, 5.74) is 6.94. The number of allylic oxidation sites excluding steroid dienone is 6. The fourth-order valence-corrected chi connectivity index (χ4v) is 7.48. The van der Waals surface area contributed by atoms with Crippen LogP contribution in [0, 0.1) is 0 Å². The van der Waals surface area contributed by atoms with Gasteiger partial charge in [-0.25, -0.2) is 0 Å². The first kappa shape index (κ1) is 14.5. The van der Waals surface area contributed by atoms with E-state index in [0.29, 0.717) is 11.1 Å². The van der Waals surface area contributed by atoms with Crippen LogP contribution in [-0.2, 0) is 0 Å². The molecule has 2 heteroatoms. The van der Waals surface area contributed by atoms with Crippen LogP contribution in [0.1, 0.15) is 23.6 Å². The van der Waals surface area contributed by atoms with Crippen LogP contribution in [0.25, 0.3) is 11.3 Å². The molecule has 2 aliphatic rings. The molecule has 0 bridgehead atoms. The van der Waals surface area contributed by atoms with Gasteiger partial charge in [0.2, 0.25) is 0 Å². The topological polar surface area (TPSA) is 4.93 Å². The highest BCUT2D eigenvalue weighted by Crippen LogP contribution is 2.48. The quantitative estimate of drug-likeness (QED) is 0.638. The van der Waals surface area contributed by atoms with Crippen molar-refractivity contribution in [3.05, 3.63) is 84.2 Å². The second-order valence-electron chi connectivity index (χ2n) is 7.28. The molecule has 116 valence electrons. The van der Waals surface area contributed by atoms with Crippen molar-refractivity contribution in [2.45, 2.75) is 31.1 Å². The molecule has 0 saturated carbocycles. The Morgan fingerprint density at radius 3 is 2.35 bits per heavy atom. The third-order valence-corrected chi connectivity index (χ3v) is 9.70. The normalized spacial score (nSPS) is 20.1. The Morgan fingerprint density at radius 2 is 1.65 bits per heavy atom. The van der Waals surface area contributed by atoms with Crippen LogP contribution in [0.3, 0.4) is 0 Å². The Labute approximate surface area is 139 Å². The van der Waals surface area contributed by atoms with E-state index in [-0.39, 0.29) is 0 Å². The van der Waals surface area contributed by atoms with E-state index in [1.165, 1.54) is 22.4 Å². The Bertz CT molecular complexity index is 810. The largest absolute Gasteiger partial charge is 0.323 e. The lowest BCUT2D eigenvalue weighted by Crippen LogP contribution is -2.37. The molecule has 0 amide bonds. The van der Waals surface area contributed by atoms with Crippen LogP contribution < -0.4 is 0 Å². The molecule has 1 aromatic carbocycles. The second-order valence-corrected chi connectivity index (χ2v) is 12.2. The molecule has 4 rings (SSSR count). The molecule has 0 saturated heterocycles. The first-order valence-corrected chi connectivity index (χ1v) is 11.5. The minimum absolute atomic E-state index is 0.588. The maximum absolute atomic E-state index is 2.53. The van der Waals surface area contributed by atoms with Gasteiger partial charge in [-0.15, -0.1) is 0 Å². The molecular formula is C21H23NSi. The van der Waals surface area contributed by atoms with Gasteiger partial charge in [-0.2, -0.15) is 0 Å². The number of hydrogen-bond donors (Lipinski definition) is 0. The molecule has 1 atom stereocenters. The monoisotopic (exact) mass is 317 g/mol. The van der Waals surface area contributed by atoms with Crippen molar-refractivity contribution in [1.82, 2.24) is 4.57 Å². The van der Waals surface area contributed by atoms with E-state index in [1.54, 1.807) is 0 Å². The summed E-state index contributed by atoms with van der Waals surface area (Å²) in [6, 6.07) is 11.0. The summed E-state index contributed by atoms with van der Waals surface area (Å²) < 4.78 is 2.24. The molecule has 1 aromatic heterocycles. The molecule has 1 nitrogen and oxygen atoms in total. The van der Waals surface area contributed by atoms with Crippen molar-refractivity contribution >= 4 is 13.6 Å².